The first-order valence-electron chi connectivity index (χ1n) is 8.54. The number of para-hydroxylation sites is 2. The molecule has 160 valence electrons. The summed E-state index contributed by atoms with van der Waals surface area (Å²) < 4.78 is 4.08. The van der Waals surface area contributed by atoms with Crippen molar-refractivity contribution in [1.29, 1.82) is 5.41 Å². The SMILES string of the molecule is N=C(Sc1cccc[n+]1[O-])C(Cl)(Cl)C(=O)Nc1ccccc1Oc1ccc(Cl)cc1Cl. The highest BCUT2D eigenvalue weighted by molar-refractivity contribution is 8.14. The van der Waals surface area contributed by atoms with Gasteiger partial charge in [-0.2, -0.15) is 4.73 Å². The van der Waals surface area contributed by atoms with Gasteiger partial charge in [-0.1, -0.05) is 58.5 Å². The molecule has 11 heteroatoms. The summed E-state index contributed by atoms with van der Waals surface area (Å²) >= 11 is 25.0. The molecule has 0 fully saturated rings. The van der Waals surface area contributed by atoms with E-state index in [-0.39, 0.29) is 21.5 Å². The smallest absolute Gasteiger partial charge is 0.267 e. The van der Waals surface area contributed by atoms with Crippen molar-refractivity contribution in [3.05, 3.63) is 82.1 Å². The molecule has 0 saturated carbocycles. The number of aromatic nitrogens is 1. The number of carbonyl (C=O) groups excluding carboxylic acids is 1. The quantitative estimate of drug-likeness (QED) is 0.100. The molecule has 0 atom stereocenters. The van der Waals surface area contributed by atoms with Gasteiger partial charge in [0, 0.05) is 17.2 Å². The van der Waals surface area contributed by atoms with Crippen LogP contribution in [-0.2, 0) is 4.79 Å². The molecule has 3 aromatic rings. The van der Waals surface area contributed by atoms with Crippen LogP contribution in [0.2, 0.25) is 10.0 Å². The van der Waals surface area contributed by atoms with E-state index in [1.165, 1.54) is 24.4 Å². The van der Waals surface area contributed by atoms with E-state index < -0.39 is 15.3 Å². The molecule has 1 heterocycles. The van der Waals surface area contributed by atoms with Crippen LogP contribution in [0.5, 0.6) is 11.5 Å². The van der Waals surface area contributed by atoms with E-state index in [9.17, 15) is 10.0 Å². The fourth-order valence-corrected chi connectivity index (χ4v) is 3.80. The standard InChI is InChI=1S/C20H13Cl4N3O3S/c21-12-8-9-15(13(22)11-12)30-16-6-2-1-5-14(16)26-19(28)20(23,24)18(25)31-17-7-3-4-10-27(17)29/h1-11,25H,(H,26,28). The first-order chi connectivity index (χ1) is 14.7. The van der Waals surface area contributed by atoms with Crippen molar-refractivity contribution in [3.8, 4) is 11.5 Å². The Labute approximate surface area is 202 Å². The molecule has 0 saturated heterocycles. The normalized spacial score (nSPS) is 11.1. The van der Waals surface area contributed by atoms with E-state index in [0.717, 1.165) is 0 Å². The number of pyridine rings is 1. The number of anilines is 1. The minimum absolute atomic E-state index is 0.145. The second-order valence-electron chi connectivity index (χ2n) is 6.00. The number of halogens is 4. The van der Waals surface area contributed by atoms with Crippen molar-refractivity contribution in [2.75, 3.05) is 5.32 Å². The summed E-state index contributed by atoms with van der Waals surface area (Å²) in [6.07, 6.45) is 1.26. The van der Waals surface area contributed by atoms with Crippen LogP contribution in [-0.4, -0.2) is 15.3 Å². The molecule has 0 radical (unpaired) electrons. The van der Waals surface area contributed by atoms with Crippen LogP contribution in [0.15, 0.2) is 71.9 Å². The Hall–Kier alpha value is -2.16. The van der Waals surface area contributed by atoms with Gasteiger partial charge in [0.15, 0.2) is 11.9 Å². The number of hydrogen-bond donors (Lipinski definition) is 2. The monoisotopic (exact) mass is 515 g/mol. The van der Waals surface area contributed by atoms with E-state index in [1.54, 1.807) is 42.5 Å². The summed E-state index contributed by atoms with van der Waals surface area (Å²) in [6, 6.07) is 15.9. The molecular formula is C20H13Cl4N3O3S. The molecule has 0 aliphatic heterocycles. The number of ether oxygens (including phenoxy) is 1. The summed E-state index contributed by atoms with van der Waals surface area (Å²) in [5.41, 5.74) is 0.251. The summed E-state index contributed by atoms with van der Waals surface area (Å²) in [5, 5.41) is 22.9. The molecule has 0 aliphatic rings. The lowest BCUT2D eigenvalue weighted by molar-refractivity contribution is -0.645. The second-order valence-corrected chi connectivity index (χ2v) is 9.20. The Kier molecular flexibility index (Phi) is 7.56. The van der Waals surface area contributed by atoms with Gasteiger partial charge in [0.25, 0.3) is 10.9 Å². The number of hydrogen-bond acceptors (Lipinski definition) is 5. The Morgan fingerprint density at radius 2 is 1.77 bits per heavy atom. The zero-order valence-electron chi connectivity index (χ0n) is 15.4. The minimum Gasteiger partial charge on any atom is -0.618 e. The van der Waals surface area contributed by atoms with Crippen LogP contribution in [0, 0.1) is 10.6 Å². The van der Waals surface area contributed by atoms with Gasteiger partial charge in [0.1, 0.15) is 10.8 Å². The van der Waals surface area contributed by atoms with Crippen LogP contribution in [0.3, 0.4) is 0 Å². The molecule has 1 aromatic heterocycles. The van der Waals surface area contributed by atoms with Gasteiger partial charge < -0.3 is 15.3 Å². The Bertz CT molecular complexity index is 1140. The highest BCUT2D eigenvalue weighted by Gasteiger charge is 2.41. The van der Waals surface area contributed by atoms with E-state index in [0.29, 0.717) is 27.3 Å². The average molecular weight is 517 g/mol. The number of carbonyl (C=O) groups is 1. The number of alkyl halides is 2. The zero-order chi connectivity index (χ0) is 22.6. The van der Waals surface area contributed by atoms with Gasteiger partial charge in [-0.15, -0.1) is 0 Å². The highest BCUT2D eigenvalue weighted by Crippen LogP contribution is 2.37. The zero-order valence-corrected chi connectivity index (χ0v) is 19.3. The van der Waals surface area contributed by atoms with Crippen LogP contribution < -0.4 is 14.8 Å². The van der Waals surface area contributed by atoms with E-state index in [2.05, 4.69) is 5.32 Å². The van der Waals surface area contributed by atoms with Gasteiger partial charge >= 0.3 is 0 Å². The fraction of sp³-hybridized carbons (Fsp3) is 0.0500. The van der Waals surface area contributed by atoms with Crippen molar-refractivity contribution in [2.45, 2.75) is 9.36 Å². The lowest BCUT2D eigenvalue weighted by Crippen LogP contribution is -2.39. The summed E-state index contributed by atoms with van der Waals surface area (Å²) in [4.78, 5) is 12.8. The first-order valence-corrected chi connectivity index (χ1v) is 10.9. The molecule has 2 aromatic carbocycles. The van der Waals surface area contributed by atoms with Gasteiger partial charge in [0.2, 0.25) is 4.33 Å². The predicted octanol–water partition coefficient (Wildman–Crippen LogP) is 6.30. The molecule has 0 aliphatic carbocycles. The van der Waals surface area contributed by atoms with Crippen molar-refractivity contribution in [3.63, 3.8) is 0 Å². The number of nitrogens with one attached hydrogen (secondary N) is 2. The maximum Gasteiger partial charge on any atom is 0.267 e. The van der Waals surface area contributed by atoms with E-state index >= 15 is 0 Å². The van der Waals surface area contributed by atoms with Gasteiger partial charge in [-0.25, -0.2) is 0 Å². The van der Waals surface area contributed by atoms with Crippen molar-refractivity contribution < 1.29 is 14.3 Å². The molecule has 2 N–H and O–H groups in total. The molecule has 6 nitrogen and oxygen atoms in total. The maximum absolute atomic E-state index is 12.8. The van der Waals surface area contributed by atoms with Crippen molar-refractivity contribution in [1.82, 2.24) is 0 Å². The van der Waals surface area contributed by atoms with Crippen molar-refractivity contribution in [2.24, 2.45) is 0 Å². The second kappa shape index (κ2) is 9.97. The van der Waals surface area contributed by atoms with Gasteiger partial charge in [-0.3, -0.25) is 10.2 Å². The van der Waals surface area contributed by atoms with E-state index in [4.69, 9.17) is 56.5 Å². The van der Waals surface area contributed by atoms with Crippen LogP contribution in [0.25, 0.3) is 0 Å². The van der Waals surface area contributed by atoms with Crippen molar-refractivity contribution >= 4 is 74.8 Å². The number of nitrogens with zero attached hydrogens (tertiary/aromatic N) is 1. The third-order valence-electron chi connectivity index (χ3n) is 3.81. The molecular weight excluding hydrogens is 504 g/mol. The molecule has 0 spiro atoms. The van der Waals surface area contributed by atoms with Crippen LogP contribution in [0.1, 0.15) is 0 Å². The molecule has 31 heavy (non-hydrogen) atoms. The third-order valence-corrected chi connectivity index (χ3v) is 6.33. The number of benzene rings is 2. The average Bonchev–Trinajstić information content (AvgIpc) is 2.73. The highest BCUT2D eigenvalue weighted by atomic mass is 35.5. The predicted molar refractivity (Wildman–Crippen MR) is 125 cm³/mol. The van der Waals surface area contributed by atoms with Gasteiger partial charge in [0.05, 0.1) is 10.7 Å². The molecule has 0 unspecified atom stereocenters. The fourth-order valence-electron chi connectivity index (χ4n) is 2.30. The molecule has 3 rings (SSSR count). The first kappa shape index (κ1) is 23.5. The molecule has 0 bridgehead atoms. The topological polar surface area (TPSA) is 89.1 Å². The number of rotatable bonds is 6. The number of thioether (sulfide) groups is 1. The summed E-state index contributed by atoms with van der Waals surface area (Å²) in [5.74, 6) is -0.299. The van der Waals surface area contributed by atoms with Crippen LogP contribution >= 0.6 is 58.2 Å². The Morgan fingerprint density at radius 1 is 1.06 bits per heavy atom. The van der Waals surface area contributed by atoms with Gasteiger partial charge in [-0.05, 0) is 48.2 Å². The minimum atomic E-state index is -2.25. The number of amides is 1. The maximum atomic E-state index is 12.8. The van der Waals surface area contributed by atoms with E-state index in [1.807, 2.05) is 0 Å². The van der Waals surface area contributed by atoms with Crippen LogP contribution in [0.4, 0.5) is 5.69 Å². The largest absolute Gasteiger partial charge is 0.618 e. The lowest BCUT2D eigenvalue weighted by Gasteiger charge is -2.20. The Morgan fingerprint density at radius 3 is 2.48 bits per heavy atom. The lowest BCUT2D eigenvalue weighted by atomic mass is 10.2. The summed E-state index contributed by atoms with van der Waals surface area (Å²) in [6.45, 7) is 0. The summed E-state index contributed by atoms with van der Waals surface area (Å²) in [7, 11) is 0. The third kappa shape index (κ3) is 5.75. The Balaban J connectivity index is 1.78. The molecule has 1 amide bonds.